The molecule has 3 amide bonds. The molecule has 0 bridgehead atoms. The number of carbonyl (C=O) groups is 2. The number of hydrogen-bond acceptors (Lipinski definition) is 3. The third-order valence-electron chi connectivity index (χ3n) is 3.19. The fourth-order valence-electron chi connectivity index (χ4n) is 2.20. The second kappa shape index (κ2) is 6.26. The van der Waals surface area contributed by atoms with E-state index in [2.05, 4.69) is 16.2 Å². The van der Waals surface area contributed by atoms with Crippen LogP contribution in [0.2, 0.25) is 0 Å². The lowest BCUT2D eigenvalue weighted by Gasteiger charge is -2.22. The summed E-state index contributed by atoms with van der Waals surface area (Å²) in [7, 11) is 0. The number of urea groups is 1. The highest BCUT2D eigenvalue weighted by Gasteiger charge is 2.16. The average Bonchev–Trinajstić information content (AvgIpc) is 2.84. The average molecular weight is 265 g/mol. The van der Waals surface area contributed by atoms with Gasteiger partial charge in [0.15, 0.2) is 5.76 Å². The van der Waals surface area contributed by atoms with E-state index in [1.807, 2.05) is 0 Å². The Morgan fingerprint density at radius 2 is 1.89 bits per heavy atom. The summed E-state index contributed by atoms with van der Waals surface area (Å²) >= 11 is 0. The minimum Gasteiger partial charge on any atom is -0.456 e. The molecule has 0 atom stereocenters. The van der Waals surface area contributed by atoms with Crippen LogP contribution in [0.1, 0.15) is 48.4 Å². The van der Waals surface area contributed by atoms with Gasteiger partial charge in [-0.15, -0.1) is 0 Å². The van der Waals surface area contributed by atoms with Gasteiger partial charge in [-0.25, -0.2) is 10.2 Å². The van der Waals surface area contributed by atoms with Gasteiger partial charge < -0.3 is 9.73 Å². The Morgan fingerprint density at radius 3 is 2.53 bits per heavy atom. The van der Waals surface area contributed by atoms with Crippen LogP contribution in [-0.2, 0) is 0 Å². The molecule has 6 heteroatoms. The highest BCUT2D eigenvalue weighted by molar-refractivity contribution is 5.92. The number of amides is 3. The standard InChI is InChI=1S/C13H19N3O3/c1-9-7-8-11(19-9)12(17)15-16-13(18)14-10-5-3-2-4-6-10/h7-8,10H,2-6H2,1H3,(H,15,17)(H2,14,16,18). The molecule has 0 aliphatic heterocycles. The smallest absolute Gasteiger partial charge is 0.333 e. The van der Waals surface area contributed by atoms with Crippen molar-refractivity contribution in [2.45, 2.75) is 45.1 Å². The van der Waals surface area contributed by atoms with E-state index in [1.54, 1.807) is 19.1 Å². The van der Waals surface area contributed by atoms with Crippen LogP contribution in [0.25, 0.3) is 0 Å². The molecule has 1 saturated carbocycles. The molecule has 0 radical (unpaired) electrons. The minimum absolute atomic E-state index is 0.176. The maximum atomic E-state index is 11.6. The van der Waals surface area contributed by atoms with Crippen molar-refractivity contribution in [1.82, 2.24) is 16.2 Å². The Morgan fingerprint density at radius 1 is 1.16 bits per heavy atom. The van der Waals surface area contributed by atoms with Gasteiger partial charge in [0, 0.05) is 6.04 Å². The number of hydrazine groups is 1. The third kappa shape index (κ3) is 4.01. The van der Waals surface area contributed by atoms with Crippen LogP contribution < -0.4 is 16.2 Å². The summed E-state index contributed by atoms with van der Waals surface area (Å²) in [5, 5.41) is 2.84. The zero-order valence-corrected chi connectivity index (χ0v) is 11.0. The Kier molecular flexibility index (Phi) is 4.43. The number of furan rings is 1. The molecule has 0 unspecified atom stereocenters. The molecule has 19 heavy (non-hydrogen) atoms. The molecule has 1 heterocycles. The third-order valence-corrected chi connectivity index (χ3v) is 3.19. The predicted octanol–water partition coefficient (Wildman–Crippen LogP) is 1.86. The van der Waals surface area contributed by atoms with Gasteiger partial charge in [0.05, 0.1) is 0 Å². The van der Waals surface area contributed by atoms with E-state index in [9.17, 15) is 9.59 Å². The van der Waals surface area contributed by atoms with Gasteiger partial charge in [0.25, 0.3) is 0 Å². The summed E-state index contributed by atoms with van der Waals surface area (Å²) in [6.07, 6.45) is 5.51. The summed E-state index contributed by atoms with van der Waals surface area (Å²) in [5.41, 5.74) is 4.63. The van der Waals surface area contributed by atoms with Crippen LogP contribution in [0, 0.1) is 6.92 Å². The van der Waals surface area contributed by atoms with Crippen LogP contribution in [-0.4, -0.2) is 18.0 Å². The van der Waals surface area contributed by atoms with Crippen LogP contribution in [0.3, 0.4) is 0 Å². The molecule has 1 aromatic rings. The van der Waals surface area contributed by atoms with Gasteiger partial charge >= 0.3 is 11.9 Å². The number of carbonyl (C=O) groups excluding carboxylic acids is 2. The SMILES string of the molecule is Cc1ccc(C(=O)NNC(=O)NC2CCCCC2)o1. The molecule has 0 spiro atoms. The predicted molar refractivity (Wildman–Crippen MR) is 69.5 cm³/mol. The molecular weight excluding hydrogens is 246 g/mol. The summed E-state index contributed by atoms with van der Waals surface area (Å²) in [6, 6.07) is 3.07. The largest absolute Gasteiger partial charge is 0.456 e. The second-order valence-corrected chi connectivity index (χ2v) is 4.80. The molecule has 0 saturated heterocycles. The highest BCUT2D eigenvalue weighted by Crippen LogP contribution is 2.17. The number of rotatable bonds is 2. The number of nitrogens with one attached hydrogen (secondary N) is 3. The quantitative estimate of drug-likeness (QED) is 0.714. The van der Waals surface area contributed by atoms with Crippen LogP contribution in [0.15, 0.2) is 16.5 Å². The van der Waals surface area contributed by atoms with Crippen molar-refractivity contribution in [3.63, 3.8) is 0 Å². The number of aryl methyl sites for hydroxylation is 1. The first kappa shape index (κ1) is 13.5. The topological polar surface area (TPSA) is 83.4 Å². The molecule has 1 aliphatic rings. The Labute approximate surface area is 111 Å². The van der Waals surface area contributed by atoms with Crippen molar-refractivity contribution in [1.29, 1.82) is 0 Å². The van der Waals surface area contributed by atoms with Crippen molar-refractivity contribution in [3.8, 4) is 0 Å². The second-order valence-electron chi connectivity index (χ2n) is 4.80. The zero-order valence-electron chi connectivity index (χ0n) is 11.0. The van der Waals surface area contributed by atoms with Gasteiger partial charge in [-0.3, -0.25) is 10.2 Å². The van der Waals surface area contributed by atoms with E-state index in [-0.39, 0.29) is 17.8 Å². The normalized spacial score (nSPS) is 15.8. The van der Waals surface area contributed by atoms with Crippen molar-refractivity contribution in [3.05, 3.63) is 23.7 Å². The first-order chi connectivity index (χ1) is 9.15. The molecule has 1 aliphatic carbocycles. The Bertz CT molecular complexity index is 450. The van der Waals surface area contributed by atoms with Gasteiger partial charge in [-0.05, 0) is 31.9 Å². The van der Waals surface area contributed by atoms with Gasteiger partial charge in [0.1, 0.15) is 5.76 Å². The van der Waals surface area contributed by atoms with Crippen LogP contribution in [0.4, 0.5) is 4.79 Å². The lowest BCUT2D eigenvalue weighted by molar-refractivity contribution is 0.0906. The van der Waals surface area contributed by atoms with E-state index < -0.39 is 5.91 Å². The van der Waals surface area contributed by atoms with Gasteiger partial charge in [0.2, 0.25) is 0 Å². The van der Waals surface area contributed by atoms with E-state index in [4.69, 9.17) is 4.42 Å². The molecule has 0 aromatic carbocycles. The molecular formula is C13H19N3O3. The number of hydrogen-bond donors (Lipinski definition) is 3. The minimum atomic E-state index is -0.466. The highest BCUT2D eigenvalue weighted by atomic mass is 16.3. The molecule has 3 N–H and O–H groups in total. The first-order valence-corrected chi connectivity index (χ1v) is 6.58. The maximum Gasteiger partial charge on any atom is 0.333 e. The Balaban J connectivity index is 1.72. The van der Waals surface area contributed by atoms with Crippen molar-refractivity contribution in [2.75, 3.05) is 0 Å². The molecule has 6 nitrogen and oxygen atoms in total. The Hall–Kier alpha value is -1.98. The molecule has 1 aromatic heterocycles. The fraction of sp³-hybridized carbons (Fsp3) is 0.538. The summed E-state index contributed by atoms with van der Waals surface area (Å²) in [4.78, 5) is 23.2. The van der Waals surface area contributed by atoms with Crippen molar-refractivity contribution >= 4 is 11.9 Å². The summed E-state index contributed by atoms with van der Waals surface area (Å²) in [6.45, 7) is 1.75. The fourth-order valence-corrected chi connectivity index (χ4v) is 2.20. The van der Waals surface area contributed by atoms with E-state index >= 15 is 0 Å². The van der Waals surface area contributed by atoms with Crippen molar-refractivity contribution in [2.24, 2.45) is 0 Å². The van der Waals surface area contributed by atoms with E-state index in [0.717, 1.165) is 25.7 Å². The molecule has 1 fully saturated rings. The molecule has 104 valence electrons. The van der Waals surface area contributed by atoms with Crippen LogP contribution >= 0.6 is 0 Å². The lowest BCUT2D eigenvalue weighted by atomic mass is 9.96. The summed E-state index contributed by atoms with van der Waals surface area (Å²) in [5.74, 6) is 0.360. The molecule has 2 rings (SSSR count). The van der Waals surface area contributed by atoms with Crippen molar-refractivity contribution < 1.29 is 14.0 Å². The lowest BCUT2D eigenvalue weighted by Crippen LogP contribution is -2.50. The van der Waals surface area contributed by atoms with Crippen LogP contribution in [0.5, 0.6) is 0 Å². The van der Waals surface area contributed by atoms with Gasteiger partial charge in [-0.2, -0.15) is 0 Å². The monoisotopic (exact) mass is 265 g/mol. The maximum absolute atomic E-state index is 11.6. The van der Waals surface area contributed by atoms with E-state index in [1.165, 1.54) is 6.42 Å². The zero-order chi connectivity index (χ0) is 13.7. The van der Waals surface area contributed by atoms with E-state index in [0.29, 0.717) is 5.76 Å². The van der Waals surface area contributed by atoms with Gasteiger partial charge in [-0.1, -0.05) is 19.3 Å². The first-order valence-electron chi connectivity index (χ1n) is 6.58. The summed E-state index contributed by atoms with van der Waals surface area (Å²) < 4.78 is 5.14.